The first kappa shape index (κ1) is 19.7. The predicted molar refractivity (Wildman–Crippen MR) is 112 cm³/mol. The van der Waals surface area contributed by atoms with Crippen LogP contribution < -0.4 is 5.32 Å². The molecule has 4 aliphatic carbocycles. The number of hydrogen-bond acceptors (Lipinski definition) is 5. The molecule has 2 aromatic rings. The first-order valence-corrected chi connectivity index (χ1v) is 11.4. The van der Waals surface area contributed by atoms with E-state index >= 15 is 0 Å². The summed E-state index contributed by atoms with van der Waals surface area (Å²) >= 11 is 3.43. The minimum Gasteiger partial charge on any atom is -0.345 e. The van der Waals surface area contributed by atoms with Gasteiger partial charge in [-0.2, -0.15) is 10.2 Å². The van der Waals surface area contributed by atoms with Gasteiger partial charge in [-0.15, -0.1) is 0 Å². The van der Waals surface area contributed by atoms with E-state index in [0.717, 1.165) is 29.4 Å². The number of aromatic nitrogens is 4. The number of rotatable bonds is 6. The normalized spacial score (nSPS) is 29.3. The second-order valence-electron chi connectivity index (χ2n) is 9.14. The molecule has 0 aliphatic heterocycles. The van der Waals surface area contributed by atoms with Crippen LogP contribution in [0.25, 0.3) is 0 Å². The van der Waals surface area contributed by atoms with E-state index in [2.05, 4.69) is 31.4 Å². The summed E-state index contributed by atoms with van der Waals surface area (Å²) in [5.41, 5.74) is 0.330. The van der Waals surface area contributed by atoms with Gasteiger partial charge in [-0.05, 0) is 79.1 Å². The smallest absolute Gasteiger partial charge is 0.320 e. The SMILES string of the molecule is CCn1ncc(Br)c1CNC(=O)c1nn(C23CC4CC(CC(C4)C2)C3)cc1[N+](=O)[O-]. The predicted octanol–water partition coefficient (Wildman–Crippen LogP) is 3.63. The van der Waals surface area contributed by atoms with Gasteiger partial charge in [0.15, 0.2) is 0 Å². The van der Waals surface area contributed by atoms with E-state index in [1.165, 1.54) is 25.5 Å². The third-order valence-corrected chi connectivity index (χ3v) is 7.87. The fourth-order valence-corrected chi connectivity index (χ4v) is 6.77. The third kappa shape index (κ3) is 3.16. The van der Waals surface area contributed by atoms with E-state index in [0.29, 0.717) is 24.3 Å². The molecule has 4 fully saturated rings. The van der Waals surface area contributed by atoms with Crippen LogP contribution in [-0.4, -0.2) is 30.4 Å². The Balaban J connectivity index is 1.41. The number of nitrogens with zero attached hydrogens (tertiary/aromatic N) is 5. The van der Waals surface area contributed by atoms with E-state index in [9.17, 15) is 14.9 Å². The van der Waals surface area contributed by atoms with Crippen LogP contribution in [0.15, 0.2) is 16.9 Å². The quantitative estimate of drug-likeness (QED) is 0.505. The van der Waals surface area contributed by atoms with Crippen LogP contribution in [0.3, 0.4) is 0 Å². The Bertz CT molecular complexity index is 977. The molecule has 1 amide bonds. The molecule has 9 nitrogen and oxygen atoms in total. The molecule has 0 spiro atoms. The number of halogens is 1. The molecule has 10 heteroatoms. The Kier molecular flexibility index (Phi) is 4.72. The van der Waals surface area contributed by atoms with Gasteiger partial charge in [0.1, 0.15) is 6.20 Å². The van der Waals surface area contributed by atoms with E-state index < -0.39 is 10.8 Å². The van der Waals surface area contributed by atoms with Gasteiger partial charge in [0, 0.05) is 6.54 Å². The van der Waals surface area contributed by atoms with Gasteiger partial charge < -0.3 is 5.32 Å². The zero-order chi connectivity index (χ0) is 21.0. The van der Waals surface area contributed by atoms with Crippen molar-refractivity contribution in [1.82, 2.24) is 24.9 Å². The Hall–Kier alpha value is -2.23. The maximum Gasteiger partial charge on any atom is 0.320 e. The molecule has 160 valence electrons. The van der Waals surface area contributed by atoms with Crippen molar-refractivity contribution in [3.8, 4) is 0 Å². The molecule has 0 atom stereocenters. The maximum absolute atomic E-state index is 12.9. The maximum atomic E-state index is 12.9. The van der Waals surface area contributed by atoms with E-state index in [1.807, 2.05) is 6.92 Å². The summed E-state index contributed by atoms with van der Waals surface area (Å²) in [5.74, 6) is 1.52. The van der Waals surface area contributed by atoms with Crippen molar-refractivity contribution in [2.75, 3.05) is 0 Å². The van der Waals surface area contributed by atoms with Crippen LogP contribution >= 0.6 is 15.9 Å². The van der Waals surface area contributed by atoms with Crippen LogP contribution in [0.2, 0.25) is 0 Å². The van der Waals surface area contributed by atoms with Crippen molar-refractivity contribution < 1.29 is 9.72 Å². The number of amides is 1. The fourth-order valence-electron chi connectivity index (χ4n) is 6.33. The summed E-state index contributed by atoms with van der Waals surface area (Å²) in [7, 11) is 0. The minimum atomic E-state index is -0.527. The highest BCUT2D eigenvalue weighted by atomic mass is 79.9. The molecule has 2 aromatic heterocycles. The lowest BCUT2D eigenvalue weighted by atomic mass is 9.53. The molecule has 0 saturated heterocycles. The van der Waals surface area contributed by atoms with Crippen molar-refractivity contribution in [3.63, 3.8) is 0 Å². The van der Waals surface area contributed by atoms with Crippen LogP contribution in [0.5, 0.6) is 0 Å². The van der Waals surface area contributed by atoms with Crippen LogP contribution in [0.4, 0.5) is 5.69 Å². The molecule has 0 aromatic carbocycles. The number of nitro groups is 1. The summed E-state index contributed by atoms with van der Waals surface area (Å²) < 4.78 is 4.34. The van der Waals surface area contributed by atoms with Gasteiger partial charge >= 0.3 is 5.69 Å². The summed E-state index contributed by atoms with van der Waals surface area (Å²) in [4.78, 5) is 24.1. The average Bonchev–Trinajstić information content (AvgIpc) is 3.29. The first-order chi connectivity index (χ1) is 14.4. The van der Waals surface area contributed by atoms with Crippen LogP contribution in [0, 0.1) is 27.9 Å². The number of hydrogen-bond donors (Lipinski definition) is 1. The molecule has 0 radical (unpaired) electrons. The highest BCUT2D eigenvalue weighted by molar-refractivity contribution is 9.10. The van der Waals surface area contributed by atoms with Crippen molar-refractivity contribution in [1.29, 1.82) is 0 Å². The lowest BCUT2D eigenvalue weighted by Gasteiger charge is -2.56. The molecule has 1 N–H and O–H groups in total. The molecule has 4 aliphatic rings. The molecular weight excluding hydrogens is 452 g/mol. The zero-order valence-electron chi connectivity index (χ0n) is 16.9. The Morgan fingerprint density at radius 1 is 1.30 bits per heavy atom. The fraction of sp³-hybridized carbons (Fsp3) is 0.650. The van der Waals surface area contributed by atoms with Gasteiger partial charge in [0.2, 0.25) is 5.69 Å². The summed E-state index contributed by atoms with van der Waals surface area (Å²) in [6.07, 6.45) is 10.0. The van der Waals surface area contributed by atoms with Gasteiger partial charge in [0.25, 0.3) is 5.91 Å². The van der Waals surface area contributed by atoms with E-state index in [1.54, 1.807) is 15.6 Å². The summed E-state index contributed by atoms with van der Waals surface area (Å²) in [5, 5.41) is 23.2. The molecule has 6 rings (SSSR count). The lowest BCUT2D eigenvalue weighted by molar-refractivity contribution is -0.385. The highest BCUT2D eigenvalue weighted by Crippen LogP contribution is 2.58. The highest BCUT2D eigenvalue weighted by Gasteiger charge is 2.53. The van der Waals surface area contributed by atoms with Crippen molar-refractivity contribution in [2.45, 2.75) is 64.1 Å². The zero-order valence-corrected chi connectivity index (χ0v) is 18.5. The monoisotopic (exact) mass is 476 g/mol. The Morgan fingerprint density at radius 2 is 1.93 bits per heavy atom. The van der Waals surface area contributed by atoms with E-state index in [-0.39, 0.29) is 23.5 Å². The van der Waals surface area contributed by atoms with Gasteiger partial charge in [-0.3, -0.25) is 24.3 Å². The van der Waals surface area contributed by atoms with Crippen molar-refractivity contribution in [3.05, 3.63) is 38.4 Å². The van der Waals surface area contributed by atoms with E-state index in [4.69, 9.17) is 0 Å². The van der Waals surface area contributed by atoms with Crippen LogP contribution in [-0.2, 0) is 18.6 Å². The average molecular weight is 477 g/mol. The molecular formula is C20H25BrN6O3. The molecule has 4 saturated carbocycles. The van der Waals surface area contributed by atoms with Crippen molar-refractivity contribution >= 4 is 27.5 Å². The standard InChI is InChI=1S/C20H25BrN6O3/c1-2-25-16(15(21)9-23-25)10-22-19(28)18-17(27(29)30)11-26(24-18)20-6-12-3-13(7-20)5-14(4-12)8-20/h9,11-14H,2-8,10H2,1H3,(H,22,28). The number of carbonyl (C=O) groups is 1. The Labute approximate surface area is 182 Å². The van der Waals surface area contributed by atoms with Crippen LogP contribution in [0.1, 0.15) is 61.6 Å². The third-order valence-electron chi connectivity index (χ3n) is 7.21. The molecule has 30 heavy (non-hydrogen) atoms. The van der Waals surface area contributed by atoms with Crippen molar-refractivity contribution in [2.24, 2.45) is 17.8 Å². The minimum absolute atomic E-state index is 0.102. The lowest BCUT2D eigenvalue weighted by Crippen LogP contribution is -2.52. The first-order valence-electron chi connectivity index (χ1n) is 10.6. The molecule has 0 unspecified atom stereocenters. The second-order valence-corrected chi connectivity index (χ2v) is 10.00. The van der Waals surface area contributed by atoms with Gasteiger partial charge in [0.05, 0.1) is 33.4 Å². The van der Waals surface area contributed by atoms with Gasteiger partial charge in [-0.25, -0.2) is 0 Å². The topological polar surface area (TPSA) is 108 Å². The largest absolute Gasteiger partial charge is 0.345 e. The summed E-state index contributed by atoms with van der Waals surface area (Å²) in [6, 6.07) is 0. The second kappa shape index (κ2) is 7.18. The van der Waals surface area contributed by atoms with Gasteiger partial charge in [-0.1, -0.05) is 0 Å². The number of aryl methyl sites for hydroxylation is 1. The molecule has 2 heterocycles. The Morgan fingerprint density at radius 3 is 2.50 bits per heavy atom. The number of nitrogens with one attached hydrogen (secondary N) is 1. The summed E-state index contributed by atoms with van der Waals surface area (Å²) in [6.45, 7) is 2.84. The molecule has 4 bridgehead atoms. The number of carbonyl (C=O) groups excluding carboxylic acids is 1.